The SMILES string of the molecule is COCCn1cc(NC(=O)c2coc(-c3ccnc(NC(=O)OC(C)(C)C)c3)n2)c(C(N)=O)n1. The monoisotopic (exact) mass is 471 g/mol. The van der Waals surface area contributed by atoms with Crippen LogP contribution in [0.4, 0.5) is 16.3 Å². The van der Waals surface area contributed by atoms with Crippen molar-refractivity contribution in [1.82, 2.24) is 19.7 Å². The number of rotatable bonds is 8. The third-order valence-electron chi connectivity index (χ3n) is 4.14. The van der Waals surface area contributed by atoms with Crippen LogP contribution in [0.5, 0.6) is 0 Å². The second kappa shape index (κ2) is 10.1. The number of amides is 3. The van der Waals surface area contributed by atoms with Gasteiger partial charge in [0.2, 0.25) is 5.89 Å². The molecule has 3 aromatic rings. The molecular formula is C21H25N7O6. The van der Waals surface area contributed by atoms with Crippen molar-refractivity contribution in [3.05, 3.63) is 42.2 Å². The third kappa shape index (κ3) is 6.38. The summed E-state index contributed by atoms with van der Waals surface area (Å²) in [5.74, 6) is -1.10. The van der Waals surface area contributed by atoms with Crippen molar-refractivity contribution in [3.8, 4) is 11.5 Å². The van der Waals surface area contributed by atoms with Crippen LogP contribution in [0.2, 0.25) is 0 Å². The zero-order valence-corrected chi connectivity index (χ0v) is 19.1. The average molecular weight is 471 g/mol. The predicted octanol–water partition coefficient (Wildman–Crippen LogP) is 2.28. The van der Waals surface area contributed by atoms with E-state index >= 15 is 0 Å². The van der Waals surface area contributed by atoms with Gasteiger partial charge in [-0.05, 0) is 32.9 Å². The largest absolute Gasteiger partial charge is 0.444 e. The summed E-state index contributed by atoms with van der Waals surface area (Å²) in [6, 6.07) is 3.11. The fraction of sp³-hybridized carbons (Fsp3) is 0.333. The molecule has 0 bridgehead atoms. The van der Waals surface area contributed by atoms with Crippen molar-refractivity contribution < 1.29 is 28.3 Å². The van der Waals surface area contributed by atoms with Gasteiger partial charge < -0.3 is 24.9 Å². The van der Waals surface area contributed by atoms with Gasteiger partial charge in [-0.15, -0.1) is 0 Å². The highest BCUT2D eigenvalue weighted by molar-refractivity contribution is 6.07. The van der Waals surface area contributed by atoms with E-state index < -0.39 is 23.5 Å². The van der Waals surface area contributed by atoms with Crippen molar-refractivity contribution >= 4 is 29.4 Å². The molecule has 0 atom stereocenters. The van der Waals surface area contributed by atoms with Crippen LogP contribution in [0.25, 0.3) is 11.5 Å². The Labute approximate surface area is 194 Å². The van der Waals surface area contributed by atoms with Crippen molar-refractivity contribution in [3.63, 3.8) is 0 Å². The minimum Gasteiger partial charge on any atom is -0.444 e. The van der Waals surface area contributed by atoms with Gasteiger partial charge in [0.15, 0.2) is 11.4 Å². The number of nitrogens with two attached hydrogens (primary N) is 1. The molecule has 3 amide bonds. The standard InChI is InChI=1S/C21H25N7O6/c1-21(2,3)34-20(31)26-15-9-12(5-6-23-15)19-25-14(11-33-19)18(30)24-13-10-28(7-8-32-4)27-16(13)17(22)29/h5-6,9-11H,7-8H2,1-4H3,(H2,22,29)(H,24,30)(H,23,26,31). The smallest absolute Gasteiger partial charge is 0.413 e. The van der Waals surface area contributed by atoms with Gasteiger partial charge in [0.1, 0.15) is 17.7 Å². The van der Waals surface area contributed by atoms with Crippen molar-refractivity contribution in [2.45, 2.75) is 32.9 Å². The lowest BCUT2D eigenvalue weighted by molar-refractivity contribution is 0.0635. The second-order valence-electron chi connectivity index (χ2n) is 8.06. The highest BCUT2D eigenvalue weighted by Gasteiger charge is 2.20. The fourth-order valence-electron chi connectivity index (χ4n) is 2.73. The fourth-order valence-corrected chi connectivity index (χ4v) is 2.73. The Morgan fingerprint density at radius 2 is 2.00 bits per heavy atom. The van der Waals surface area contributed by atoms with E-state index in [-0.39, 0.29) is 28.8 Å². The minimum atomic E-state index is -0.797. The van der Waals surface area contributed by atoms with Crippen LogP contribution in [-0.2, 0) is 16.0 Å². The summed E-state index contributed by atoms with van der Waals surface area (Å²) in [6.45, 7) is 5.95. The lowest BCUT2D eigenvalue weighted by Crippen LogP contribution is -2.27. The quantitative estimate of drug-likeness (QED) is 0.445. The molecule has 0 aromatic carbocycles. The van der Waals surface area contributed by atoms with E-state index in [9.17, 15) is 14.4 Å². The van der Waals surface area contributed by atoms with Gasteiger partial charge in [0.25, 0.3) is 11.8 Å². The average Bonchev–Trinajstić information content (AvgIpc) is 3.38. The summed E-state index contributed by atoms with van der Waals surface area (Å²) in [5, 5.41) is 9.13. The minimum absolute atomic E-state index is 0.0477. The van der Waals surface area contributed by atoms with Gasteiger partial charge in [-0.1, -0.05) is 0 Å². The lowest BCUT2D eigenvalue weighted by atomic mass is 10.2. The maximum absolute atomic E-state index is 12.7. The van der Waals surface area contributed by atoms with E-state index in [2.05, 4.69) is 25.7 Å². The van der Waals surface area contributed by atoms with Crippen LogP contribution in [-0.4, -0.2) is 57.0 Å². The molecule has 0 spiro atoms. The molecule has 0 fully saturated rings. The van der Waals surface area contributed by atoms with E-state index in [0.29, 0.717) is 18.7 Å². The van der Waals surface area contributed by atoms with Crippen molar-refractivity contribution in [1.29, 1.82) is 0 Å². The molecule has 4 N–H and O–H groups in total. The second-order valence-corrected chi connectivity index (χ2v) is 8.06. The Bertz CT molecular complexity index is 1190. The zero-order chi connectivity index (χ0) is 24.9. The number of ether oxygens (including phenoxy) is 2. The molecular weight excluding hydrogens is 446 g/mol. The molecule has 3 heterocycles. The zero-order valence-electron chi connectivity index (χ0n) is 19.1. The maximum Gasteiger partial charge on any atom is 0.413 e. The van der Waals surface area contributed by atoms with Crippen LogP contribution in [0.1, 0.15) is 41.7 Å². The van der Waals surface area contributed by atoms with Crippen molar-refractivity contribution in [2.24, 2.45) is 5.73 Å². The molecule has 0 aliphatic rings. The Morgan fingerprint density at radius 1 is 1.24 bits per heavy atom. The van der Waals surface area contributed by atoms with E-state index in [1.807, 2.05) is 0 Å². The van der Waals surface area contributed by atoms with Gasteiger partial charge in [-0.2, -0.15) is 5.10 Å². The number of hydrogen-bond donors (Lipinski definition) is 3. The number of aromatic nitrogens is 4. The number of nitrogens with zero attached hydrogens (tertiary/aromatic N) is 4. The summed E-state index contributed by atoms with van der Waals surface area (Å²) >= 11 is 0. The number of anilines is 2. The van der Waals surface area contributed by atoms with E-state index in [1.165, 1.54) is 30.3 Å². The lowest BCUT2D eigenvalue weighted by Gasteiger charge is -2.19. The number of carbonyl (C=O) groups excluding carboxylic acids is 3. The van der Waals surface area contributed by atoms with Gasteiger partial charge >= 0.3 is 6.09 Å². The van der Waals surface area contributed by atoms with Crippen LogP contribution < -0.4 is 16.4 Å². The molecule has 0 radical (unpaired) electrons. The Balaban J connectivity index is 1.73. The normalized spacial score (nSPS) is 11.2. The molecule has 0 saturated heterocycles. The maximum atomic E-state index is 12.7. The molecule has 3 rings (SSSR count). The molecule has 0 saturated carbocycles. The van der Waals surface area contributed by atoms with Crippen LogP contribution in [0.3, 0.4) is 0 Å². The highest BCUT2D eigenvalue weighted by Crippen LogP contribution is 2.22. The first kappa shape index (κ1) is 24.4. The predicted molar refractivity (Wildman–Crippen MR) is 120 cm³/mol. The van der Waals surface area contributed by atoms with E-state index in [4.69, 9.17) is 19.6 Å². The Kier molecular flexibility index (Phi) is 7.26. The summed E-state index contributed by atoms with van der Waals surface area (Å²) in [6.07, 6.45) is 3.40. The molecule has 0 aliphatic carbocycles. The first-order chi connectivity index (χ1) is 16.1. The third-order valence-corrected chi connectivity index (χ3v) is 4.14. The number of primary amides is 1. The van der Waals surface area contributed by atoms with Gasteiger partial charge in [-0.25, -0.2) is 14.8 Å². The van der Waals surface area contributed by atoms with Crippen LogP contribution in [0, 0.1) is 0 Å². The Morgan fingerprint density at radius 3 is 2.68 bits per heavy atom. The highest BCUT2D eigenvalue weighted by atomic mass is 16.6. The number of carbonyl (C=O) groups is 3. The molecule has 0 aliphatic heterocycles. The number of pyridine rings is 1. The van der Waals surface area contributed by atoms with Gasteiger partial charge in [0, 0.05) is 25.1 Å². The van der Waals surface area contributed by atoms with Crippen LogP contribution >= 0.6 is 0 Å². The topological polar surface area (TPSA) is 176 Å². The first-order valence-electron chi connectivity index (χ1n) is 10.1. The van der Waals surface area contributed by atoms with Gasteiger partial charge in [0.05, 0.1) is 18.8 Å². The number of hydrogen-bond acceptors (Lipinski definition) is 9. The number of nitrogens with one attached hydrogen (secondary N) is 2. The van der Waals surface area contributed by atoms with E-state index in [1.54, 1.807) is 26.8 Å². The Hall–Kier alpha value is -4.26. The molecule has 180 valence electrons. The molecule has 0 unspecified atom stereocenters. The summed E-state index contributed by atoms with van der Waals surface area (Å²) in [5.41, 5.74) is 5.14. The van der Waals surface area contributed by atoms with Crippen molar-refractivity contribution in [2.75, 3.05) is 24.4 Å². The summed E-state index contributed by atoms with van der Waals surface area (Å²) < 4.78 is 17.0. The molecule has 34 heavy (non-hydrogen) atoms. The molecule has 3 aromatic heterocycles. The molecule has 13 nitrogen and oxygen atoms in total. The number of oxazole rings is 1. The van der Waals surface area contributed by atoms with Gasteiger partial charge in [-0.3, -0.25) is 19.6 Å². The summed E-state index contributed by atoms with van der Waals surface area (Å²) in [7, 11) is 1.53. The van der Waals surface area contributed by atoms with E-state index in [0.717, 1.165) is 6.26 Å². The molecule has 13 heteroatoms. The summed E-state index contributed by atoms with van der Waals surface area (Å²) in [4.78, 5) is 44.6. The number of methoxy groups -OCH3 is 1. The van der Waals surface area contributed by atoms with Crippen LogP contribution in [0.15, 0.2) is 35.2 Å². The first-order valence-corrected chi connectivity index (χ1v) is 10.1.